The monoisotopic (exact) mass is 729 g/mol. The number of fused-ring (bicyclic) bond motifs is 3. The minimum atomic E-state index is -4.38. The summed E-state index contributed by atoms with van der Waals surface area (Å²) in [6.07, 6.45) is 5.08. The molecule has 0 unspecified atom stereocenters. The van der Waals surface area contributed by atoms with E-state index in [9.17, 15) is 37.1 Å². The van der Waals surface area contributed by atoms with Gasteiger partial charge < -0.3 is 30.1 Å². The molecule has 4 N–H and O–H groups in total. The predicted octanol–water partition coefficient (Wildman–Crippen LogP) is 3.06. The summed E-state index contributed by atoms with van der Waals surface area (Å²) in [5.41, 5.74) is -1.66. The topological polar surface area (TPSA) is 193 Å². The molecule has 1 aromatic carbocycles. The summed E-state index contributed by atoms with van der Waals surface area (Å²) in [5.74, 6) is -2.40. The van der Waals surface area contributed by atoms with Crippen LogP contribution in [0.15, 0.2) is 42.6 Å². The number of carbonyl (C=O) groups excluding carboxylic acids is 3. The van der Waals surface area contributed by atoms with Crippen molar-refractivity contribution in [1.29, 1.82) is 0 Å². The Hall–Kier alpha value is -4.47. The van der Waals surface area contributed by atoms with Crippen molar-refractivity contribution in [2.24, 2.45) is 17.8 Å². The Kier molecular flexibility index (Phi) is 9.92. The molecular weight excluding hydrogens is 685 g/mol. The van der Waals surface area contributed by atoms with Crippen LogP contribution in [0.1, 0.15) is 58.8 Å². The molecule has 14 nitrogen and oxygen atoms in total. The van der Waals surface area contributed by atoms with Crippen LogP contribution in [0.4, 0.5) is 9.18 Å². The zero-order valence-corrected chi connectivity index (χ0v) is 29.6. The maximum absolute atomic E-state index is 14.3. The molecule has 2 aromatic rings. The molecule has 0 spiro atoms. The van der Waals surface area contributed by atoms with E-state index in [4.69, 9.17) is 9.47 Å². The fraction of sp³-hybridized carbons (Fsp3) is 0.571. The Morgan fingerprint density at radius 1 is 1.16 bits per heavy atom. The van der Waals surface area contributed by atoms with Crippen LogP contribution >= 0.6 is 0 Å². The number of alkyl halides is 1. The molecule has 0 radical (unpaired) electrons. The van der Waals surface area contributed by atoms with Gasteiger partial charge in [0, 0.05) is 29.3 Å². The first kappa shape index (κ1) is 36.3. The minimum Gasteiger partial charge on any atom is -0.496 e. The number of allylic oxidation sites excluding steroid dienone is 1. The molecule has 4 amide bonds. The smallest absolute Gasteiger partial charge is 0.405 e. The molecule has 276 valence electrons. The van der Waals surface area contributed by atoms with Gasteiger partial charge in [-0.3, -0.25) is 19.1 Å². The van der Waals surface area contributed by atoms with Crippen LogP contribution in [0.25, 0.3) is 10.8 Å². The Labute approximate surface area is 295 Å². The third-order valence-electron chi connectivity index (χ3n) is 10.8. The minimum absolute atomic E-state index is 0.0361. The van der Waals surface area contributed by atoms with Gasteiger partial charge in [-0.2, -0.15) is 0 Å². The van der Waals surface area contributed by atoms with Gasteiger partial charge >= 0.3 is 6.09 Å². The molecular formula is C35H44FN5O9S. The van der Waals surface area contributed by atoms with Crippen LogP contribution in [0.5, 0.6) is 11.6 Å². The standard InChI is InChI=1S/C35H44FN5O9S/c1-20-7-4-5-8-22-17-35(22,32(44)40-51(47,48)34(19-36)12-13-34)39-29(42)26-16-23(18-41(26)31(43)28(21(2)15-20)38-33(45)46)50-30-25-9-6-10-27(49-3)24(25)11-14-37-30/h5-6,8-11,14,20-23,26,28,38H,4,7,12-13,15-19H2,1-3H3,(H,39,42)(H,40,44)(H,45,46)/t20-,21-,22-,23-,26+,28+,35-/m1/s1. The first-order valence-corrected chi connectivity index (χ1v) is 18.7. The van der Waals surface area contributed by atoms with Crippen molar-refractivity contribution in [3.63, 3.8) is 0 Å². The van der Waals surface area contributed by atoms with Crippen molar-refractivity contribution in [3.05, 3.63) is 42.6 Å². The highest BCUT2D eigenvalue weighted by Crippen LogP contribution is 2.48. The number of rotatable bonds is 8. The van der Waals surface area contributed by atoms with Crippen LogP contribution in [0, 0.1) is 17.8 Å². The van der Waals surface area contributed by atoms with E-state index < -0.39 is 80.8 Å². The number of hydrogen-bond donors (Lipinski definition) is 4. The number of sulfonamides is 1. The fourth-order valence-corrected chi connectivity index (χ4v) is 8.89. The van der Waals surface area contributed by atoms with Gasteiger partial charge in [-0.25, -0.2) is 22.6 Å². The molecule has 2 aliphatic heterocycles. The summed E-state index contributed by atoms with van der Waals surface area (Å²) < 4.78 is 52.1. The summed E-state index contributed by atoms with van der Waals surface area (Å²) in [6, 6.07) is 4.73. The maximum Gasteiger partial charge on any atom is 0.405 e. The molecule has 51 heavy (non-hydrogen) atoms. The van der Waals surface area contributed by atoms with E-state index in [1.165, 1.54) is 4.90 Å². The van der Waals surface area contributed by atoms with Crippen molar-refractivity contribution in [1.82, 2.24) is 25.2 Å². The molecule has 2 saturated carbocycles. The summed E-state index contributed by atoms with van der Waals surface area (Å²) in [5, 5.41) is 16.2. The number of hydrogen-bond acceptors (Lipinski definition) is 9. The van der Waals surface area contributed by atoms with Crippen molar-refractivity contribution in [2.45, 2.75) is 87.3 Å². The number of halogens is 1. The SMILES string of the molecule is COc1cccc2c(O[C@@H]3C[C@H]4C(=O)N[C@]5(C(=O)NS(=O)(=O)C6(CF)CC6)C[C@H]5C=CCC[C@@H](C)C[C@@H](C)[C@H](NC(=O)O)C(=O)N4C3)nccc12. The molecule has 1 aromatic heterocycles. The van der Waals surface area contributed by atoms with Gasteiger partial charge in [-0.05, 0) is 68.6 Å². The lowest BCUT2D eigenvalue weighted by Crippen LogP contribution is -2.59. The predicted molar refractivity (Wildman–Crippen MR) is 183 cm³/mol. The molecule has 0 bridgehead atoms. The lowest BCUT2D eigenvalue weighted by atomic mass is 9.88. The molecule has 3 heterocycles. The third-order valence-corrected chi connectivity index (χ3v) is 12.9. The number of pyridine rings is 1. The van der Waals surface area contributed by atoms with E-state index in [1.54, 1.807) is 50.6 Å². The summed E-state index contributed by atoms with van der Waals surface area (Å²) >= 11 is 0. The van der Waals surface area contributed by atoms with Gasteiger partial charge in [0.15, 0.2) is 0 Å². The van der Waals surface area contributed by atoms with Crippen LogP contribution in [-0.2, 0) is 24.4 Å². The van der Waals surface area contributed by atoms with Gasteiger partial charge in [-0.15, -0.1) is 0 Å². The second-order valence-electron chi connectivity index (χ2n) is 14.4. The molecule has 6 rings (SSSR count). The number of aromatic nitrogens is 1. The lowest BCUT2D eigenvalue weighted by molar-refractivity contribution is -0.142. The number of methoxy groups -OCH3 is 1. The van der Waals surface area contributed by atoms with E-state index in [-0.39, 0.29) is 44.0 Å². The zero-order valence-electron chi connectivity index (χ0n) is 28.8. The van der Waals surface area contributed by atoms with Gasteiger partial charge in [0.2, 0.25) is 27.7 Å². The maximum atomic E-state index is 14.3. The van der Waals surface area contributed by atoms with E-state index in [0.29, 0.717) is 30.4 Å². The second kappa shape index (κ2) is 13.9. The number of amides is 4. The van der Waals surface area contributed by atoms with Crippen molar-refractivity contribution >= 4 is 44.6 Å². The van der Waals surface area contributed by atoms with Gasteiger partial charge in [-0.1, -0.05) is 32.1 Å². The number of nitrogens with one attached hydrogen (secondary N) is 3. The molecule has 16 heteroatoms. The molecule has 1 saturated heterocycles. The summed E-state index contributed by atoms with van der Waals surface area (Å²) in [7, 11) is -2.84. The fourth-order valence-electron chi connectivity index (χ4n) is 7.47. The quantitative estimate of drug-likeness (QED) is 0.294. The van der Waals surface area contributed by atoms with E-state index in [0.717, 1.165) is 5.39 Å². The van der Waals surface area contributed by atoms with Crippen molar-refractivity contribution in [2.75, 3.05) is 20.3 Å². The summed E-state index contributed by atoms with van der Waals surface area (Å²) in [6.45, 7) is 2.55. The average molecular weight is 730 g/mol. The largest absolute Gasteiger partial charge is 0.496 e. The van der Waals surface area contributed by atoms with Gasteiger partial charge in [0.25, 0.3) is 5.91 Å². The highest BCUT2D eigenvalue weighted by Gasteiger charge is 2.64. The number of benzene rings is 1. The number of nitrogens with zero attached hydrogens (tertiary/aromatic N) is 2. The van der Waals surface area contributed by atoms with Gasteiger partial charge in [0.05, 0.1) is 13.7 Å². The van der Waals surface area contributed by atoms with E-state index >= 15 is 0 Å². The van der Waals surface area contributed by atoms with Crippen LogP contribution in [-0.4, -0.2) is 96.0 Å². The number of ether oxygens (including phenoxy) is 2. The molecule has 2 aliphatic carbocycles. The van der Waals surface area contributed by atoms with E-state index in [2.05, 4.69) is 20.3 Å². The summed E-state index contributed by atoms with van der Waals surface area (Å²) in [4.78, 5) is 60.0. The molecule has 7 atom stereocenters. The highest BCUT2D eigenvalue weighted by molar-refractivity contribution is 7.91. The Morgan fingerprint density at radius 2 is 1.92 bits per heavy atom. The first-order chi connectivity index (χ1) is 24.2. The number of carbonyl (C=O) groups is 4. The third kappa shape index (κ3) is 7.06. The Balaban J connectivity index is 1.34. The van der Waals surface area contributed by atoms with Crippen LogP contribution in [0.2, 0.25) is 0 Å². The van der Waals surface area contributed by atoms with Crippen molar-refractivity contribution in [3.8, 4) is 11.6 Å². The molecule has 4 aliphatic rings. The Morgan fingerprint density at radius 3 is 2.61 bits per heavy atom. The molecule has 3 fully saturated rings. The van der Waals surface area contributed by atoms with Crippen LogP contribution in [0.3, 0.4) is 0 Å². The van der Waals surface area contributed by atoms with E-state index in [1.807, 2.05) is 13.0 Å². The number of carboxylic acid groups (broad SMARTS) is 1. The van der Waals surface area contributed by atoms with Crippen molar-refractivity contribution < 1.29 is 46.6 Å². The second-order valence-corrected chi connectivity index (χ2v) is 16.5. The normalized spacial score (nSPS) is 30.5. The highest BCUT2D eigenvalue weighted by atomic mass is 32.2. The zero-order chi connectivity index (χ0) is 36.7. The lowest BCUT2D eigenvalue weighted by Gasteiger charge is -2.32. The van der Waals surface area contributed by atoms with Crippen LogP contribution < -0.4 is 24.8 Å². The first-order valence-electron chi connectivity index (χ1n) is 17.2. The van der Waals surface area contributed by atoms with Gasteiger partial charge in [0.1, 0.15) is 40.9 Å². The Bertz CT molecular complexity index is 1850. The average Bonchev–Trinajstić information content (AvgIpc) is 3.99.